The van der Waals surface area contributed by atoms with E-state index >= 15 is 0 Å². The number of amides is 4. The van der Waals surface area contributed by atoms with Crippen molar-refractivity contribution >= 4 is 40.8 Å². The summed E-state index contributed by atoms with van der Waals surface area (Å²) in [7, 11) is 1.50. The number of carbonyl (C=O) groups excluding carboxylic acids is 3. The number of rotatable bonds is 7. The quantitative estimate of drug-likeness (QED) is 0.538. The molecule has 0 radical (unpaired) electrons. The van der Waals surface area contributed by atoms with Gasteiger partial charge in [-0.05, 0) is 48.5 Å². The van der Waals surface area contributed by atoms with Crippen LogP contribution in [0.3, 0.4) is 0 Å². The lowest BCUT2D eigenvalue weighted by atomic mass is 10.1. The molecule has 1 saturated heterocycles. The molecule has 32 heavy (non-hydrogen) atoms. The van der Waals surface area contributed by atoms with Gasteiger partial charge < -0.3 is 19.4 Å². The van der Waals surface area contributed by atoms with Gasteiger partial charge in [-0.3, -0.25) is 9.59 Å². The van der Waals surface area contributed by atoms with Gasteiger partial charge in [0.15, 0.2) is 0 Å². The van der Waals surface area contributed by atoms with Crippen LogP contribution < -0.4 is 15.0 Å². The van der Waals surface area contributed by atoms with E-state index in [4.69, 9.17) is 20.8 Å². The molecule has 1 fully saturated rings. The van der Waals surface area contributed by atoms with Crippen LogP contribution in [0.2, 0.25) is 5.02 Å². The number of ether oxygens (including phenoxy) is 1. The molecular formula is C23H20ClN3O5. The molecule has 2 heterocycles. The molecule has 2 aromatic carbocycles. The summed E-state index contributed by atoms with van der Waals surface area (Å²) in [5.74, 6) is 0.0999. The Bertz CT molecular complexity index is 1130. The van der Waals surface area contributed by atoms with Crippen molar-refractivity contribution in [2.75, 3.05) is 17.3 Å². The lowest BCUT2D eigenvalue weighted by Gasteiger charge is -2.20. The van der Waals surface area contributed by atoms with Crippen LogP contribution in [0.4, 0.5) is 16.2 Å². The number of urea groups is 1. The molecule has 164 valence electrons. The Morgan fingerprint density at radius 3 is 2.59 bits per heavy atom. The number of nitrogens with one attached hydrogen (secondary N) is 1. The van der Waals surface area contributed by atoms with Gasteiger partial charge in [0, 0.05) is 16.8 Å². The van der Waals surface area contributed by atoms with Gasteiger partial charge in [0.25, 0.3) is 5.91 Å². The average Bonchev–Trinajstić information content (AvgIpc) is 3.38. The zero-order valence-corrected chi connectivity index (χ0v) is 17.9. The molecule has 8 nitrogen and oxygen atoms in total. The zero-order chi connectivity index (χ0) is 22.7. The molecular weight excluding hydrogens is 434 g/mol. The van der Waals surface area contributed by atoms with Crippen molar-refractivity contribution in [2.24, 2.45) is 0 Å². The molecule has 0 aliphatic carbocycles. The maximum atomic E-state index is 13.3. The first-order valence-electron chi connectivity index (χ1n) is 9.82. The summed E-state index contributed by atoms with van der Waals surface area (Å²) in [5.41, 5.74) is 0.905. The second kappa shape index (κ2) is 9.15. The van der Waals surface area contributed by atoms with Crippen LogP contribution >= 0.6 is 11.6 Å². The Labute approximate surface area is 189 Å². The van der Waals surface area contributed by atoms with E-state index in [1.54, 1.807) is 60.7 Å². The minimum absolute atomic E-state index is 0.0525. The van der Waals surface area contributed by atoms with Crippen LogP contribution in [0.5, 0.6) is 5.75 Å². The second-order valence-corrected chi connectivity index (χ2v) is 7.58. The summed E-state index contributed by atoms with van der Waals surface area (Å²) in [6.45, 7) is 0.0525. The number of nitrogens with zero attached hydrogens (tertiary/aromatic N) is 2. The Kier molecular flexibility index (Phi) is 6.13. The number of hydrogen-bond acceptors (Lipinski definition) is 5. The van der Waals surface area contributed by atoms with E-state index in [1.807, 2.05) is 0 Å². The van der Waals surface area contributed by atoms with Crippen molar-refractivity contribution in [2.45, 2.75) is 19.0 Å². The van der Waals surface area contributed by atoms with Crippen molar-refractivity contribution in [3.8, 4) is 5.75 Å². The van der Waals surface area contributed by atoms with Gasteiger partial charge in [-0.25, -0.2) is 9.69 Å². The monoisotopic (exact) mass is 453 g/mol. The first kappa shape index (κ1) is 21.5. The molecule has 0 saturated carbocycles. The standard InChI is InChI=1S/C23H20ClN3O5/c1-31-18-5-2-4-17(12-18)27-22(29)20(26(23(27)30)14-19-6-3-11-32-19)13-21(28)25-16-9-7-15(24)8-10-16/h2-12,20H,13-14H2,1H3,(H,25,28). The highest BCUT2D eigenvalue weighted by Gasteiger charge is 2.47. The molecule has 4 amide bonds. The highest BCUT2D eigenvalue weighted by Crippen LogP contribution is 2.30. The third-order valence-electron chi connectivity index (χ3n) is 5.04. The fourth-order valence-corrected chi connectivity index (χ4v) is 3.62. The summed E-state index contributed by atoms with van der Waals surface area (Å²) in [6.07, 6.45) is 1.27. The highest BCUT2D eigenvalue weighted by molar-refractivity contribution is 6.30. The predicted octanol–water partition coefficient (Wildman–Crippen LogP) is 4.31. The van der Waals surface area contributed by atoms with Crippen molar-refractivity contribution in [1.82, 2.24) is 4.90 Å². The lowest BCUT2D eigenvalue weighted by molar-refractivity contribution is -0.124. The van der Waals surface area contributed by atoms with Crippen molar-refractivity contribution in [3.63, 3.8) is 0 Å². The third kappa shape index (κ3) is 4.45. The van der Waals surface area contributed by atoms with E-state index in [-0.39, 0.29) is 13.0 Å². The molecule has 4 rings (SSSR count). The summed E-state index contributed by atoms with van der Waals surface area (Å²) in [4.78, 5) is 41.6. The second-order valence-electron chi connectivity index (χ2n) is 7.14. The number of benzene rings is 2. The van der Waals surface area contributed by atoms with Crippen LogP contribution in [-0.4, -0.2) is 35.9 Å². The van der Waals surface area contributed by atoms with Gasteiger partial charge in [-0.15, -0.1) is 0 Å². The molecule has 1 unspecified atom stereocenters. The number of imide groups is 1. The van der Waals surface area contributed by atoms with Crippen molar-refractivity contribution in [1.29, 1.82) is 0 Å². The first-order chi connectivity index (χ1) is 15.5. The van der Waals surface area contributed by atoms with Crippen LogP contribution in [-0.2, 0) is 16.1 Å². The summed E-state index contributed by atoms with van der Waals surface area (Å²) >= 11 is 5.88. The number of anilines is 2. The van der Waals surface area contributed by atoms with Gasteiger partial charge >= 0.3 is 6.03 Å². The van der Waals surface area contributed by atoms with E-state index in [1.165, 1.54) is 18.3 Å². The average molecular weight is 454 g/mol. The number of hydrogen-bond donors (Lipinski definition) is 1. The Hall–Kier alpha value is -3.78. The number of furan rings is 1. The fraction of sp³-hybridized carbons (Fsp3) is 0.174. The molecule has 1 atom stereocenters. The summed E-state index contributed by atoms with van der Waals surface area (Å²) < 4.78 is 10.6. The number of halogens is 1. The normalized spacial score (nSPS) is 15.9. The maximum Gasteiger partial charge on any atom is 0.332 e. The highest BCUT2D eigenvalue weighted by atomic mass is 35.5. The van der Waals surface area contributed by atoms with Gasteiger partial charge in [0.2, 0.25) is 5.91 Å². The molecule has 1 aromatic heterocycles. The van der Waals surface area contributed by atoms with Gasteiger partial charge in [-0.2, -0.15) is 0 Å². The topological polar surface area (TPSA) is 92.1 Å². The largest absolute Gasteiger partial charge is 0.497 e. The number of carbonyl (C=O) groups is 3. The summed E-state index contributed by atoms with van der Waals surface area (Å²) in [6, 6.07) is 15.1. The smallest absolute Gasteiger partial charge is 0.332 e. The minimum atomic E-state index is -0.994. The van der Waals surface area contributed by atoms with Crippen LogP contribution in [0.1, 0.15) is 12.2 Å². The molecule has 9 heteroatoms. The first-order valence-corrected chi connectivity index (χ1v) is 10.2. The minimum Gasteiger partial charge on any atom is -0.497 e. The fourth-order valence-electron chi connectivity index (χ4n) is 3.49. The SMILES string of the molecule is COc1cccc(N2C(=O)C(CC(=O)Nc3ccc(Cl)cc3)N(Cc3ccco3)C2=O)c1. The van der Waals surface area contributed by atoms with Crippen molar-refractivity contribution in [3.05, 3.63) is 77.7 Å². The van der Waals surface area contributed by atoms with E-state index < -0.39 is 23.9 Å². The Morgan fingerprint density at radius 1 is 1.12 bits per heavy atom. The lowest BCUT2D eigenvalue weighted by Crippen LogP contribution is -2.37. The molecule has 1 N–H and O–H groups in total. The van der Waals surface area contributed by atoms with Crippen LogP contribution in [0.15, 0.2) is 71.3 Å². The van der Waals surface area contributed by atoms with E-state index in [2.05, 4.69) is 5.32 Å². The Morgan fingerprint density at radius 2 is 1.91 bits per heavy atom. The predicted molar refractivity (Wildman–Crippen MR) is 119 cm³/mol. The zero-order valence-electron chi connectivity index (χ0n) is 17.2. The number of methoxy groups -OCH3 is 1. The molecule has 3 aromatic rings. The molecule has 1 aliphatic heterocycles. The third-order valence-corrected chi connectivity index (χ3v) is 5.30. The van der Waals surface area contributed by atoms with Gasteiger partial charge in [-0.1, -0.05) is 17.7 Å². The molecule has 0 bridgehead atoms. The van der Waals surface area contributed by atoms with Gasteiger partial charge in [0.1, 0.15) is 17.6 Å². The van der Waals surface area contributed by atoms with Gasteiger partial charge in [0.05, 0.1) is 32.0 Å². The van der Waals surface area contributed by atoms with Crippen molar-refractivity contribution < 1.29 is 23.5 Å². The molecule has 0 spiro atoms. The molecule has 1 aliphatic rings. The van der Waals surface area contributed by atoms with E-state index in [9.17, 15) is 14.4 Å². The van der Waals surface area contributed by atoms with Crippen LogP contribution in [0, 0.1) is 0 Å². The Balaban J connectivity index is 1.59. The van der Waals surface area contributed by atoms with E-state index in [0.29, 0.717) is 27.9 Å². The van der Waals surface area contributed by atoms with E-state index in [0.717, 1.165) is 4.90 Å². The van der Waals surface area contributed by atoms with Crippen LogP contribution in [0.25, 0.3) is 0 Å². The summed E-state index contributed by atoms with van der Waals surface area (Å²) in [5, 5.41) is 3.27. The maximum absolute atomic E-state index is 13.3.